The highest BCUT2D eigenvalue weighted by Gasteiger charge is 2.44. The minimum atomic E-state index is -4.70. The summed E-state index contributed by atoms with van der Waals surface area (Å²) in [6.45, 7) is 3.99. The lowest BCUT2D eigenvalue weighted by Crippen LogP contribution is -2.23. The summed E-state index contributed by atoms with van der Waals surface area (Å²) in [6.07, 6.45) is -1.27. The average Bonchev–Trinajstić information content (AvgIpc) is 3.41. The number of aromatic hydroxyl groups is 2. The Balaban J connectivity index is 1.41. The predicted molar refractivity (Wildman–Crippen MR) is 139 cm³/mol. The van der Waals surface area contributed by atoms with Gasteiger partial charge in [-0.25, -0.2) is 0 Å². The zero-order valence-corrected chi connectivity index (χ0v) is 20.9. The molecule has 1 atom stereocenters. The number of likely N-dealkylation sites (tertiary alicyclic amines) is 1. The van der Waals surface area contributed by atoms with Gasteiger partial charge < -0.3 is 24.6 Å². The maximum absolute atomic E-state index is 14.5. The smallest absolute Gasteiger partial charge is 0.417 e. The summed E-state index contributed by atoms with van der Waals surface area (Å²) in [6, 6.07) is 16.1. The highest BCUT2D eigenvalue weighted by atomic mass is 19.4. The van der Waals surface area contributed by atoms with Crippen LogP contribution in [0.4, 0.5) is 13.2 Å². The summed E-state index contributed by atoms with van der Waals surface area (Å²) >= 11 is 0. The van der Waals surface area contributed by atoms with Crippen molar-refractivity contribution in [2.45, 2.75) is 38.0 Å². The second kappa shape index (κ2) is 11.0. The molecule has 2 aliphatic heterocycles. The molecule has 3 aromatic rings. The van der Waals surface area contributed by atoms with E-state index in [-0.39, 0.29) is 33.9 Å². The van der Waals surface area contributed by atoms with Crippen LogP contribution in [0.5, 0.6) is 23.0 Å². The van der Waals surface area contributed by atoms with Crippen molar-refractivity contribution in [3.05, 3.63) is 83.4 Å². The third-order valence-corrected chi connectivity index (χ3v) is 6.99. The number of halogens is 3. The van der Waals surface area contributed by atoms with Crippen LogP contribution in [0.1, 0.15) is 48.5 Å². The highest BCUT2D eigenvalue weighted by molar-refractivity contribution is 5.98. The minimum Gasteiger partial charge on any atom is -0.508 e. The Morgan fingerprint density at radius 2 is 1.55 bits per heavy atom. The van der Waals surface area contributed by atoms with Crippen LogP contribution >= 0.6 is 0 Å². The Hall–Kier alpha value is -3.65. The first kappa shape index (κ1) is 26.0. The molecular formula is C30H30F3NO4. The molecular weight excluding hydrogens is 495 g/mol. The lowest BCUT2D eigenvalue weighted by Gasteiger charge is -2.33. The van der Waals surface area contributed by atoms with Gasteiger partial charge in [0.25, 0.3) is 0 Å². The van der Waals surface area contributed by atoms with Gasteiger partial charge in [-0.2, -0.15) is 13.2 Å². The van der Waals surface area contributed by atoms with Gasteiger partial charge in [-0.1, -0.05) is 24.3 Å². The van der Waals surface area contributed by atoms with E-state index in [1.54, 1.807) is 24.3 Å². The molecule has 3 aromatic carbocycles. The third kappa shape index (κ3) is 5.75. The first-order valence-electron chi connectivity index (χ1n) is 12.9. The van der Waals surface area contributed by atoms with Gasteiger partial charge in [0.05, 0.1) is 12.2 Å². The molecule has 0 spiro atoms. The van der Waals surface area contributed by atoms with Crippen LogP contribution in [0, 0.1) is 0 Å². The topological polar surface area (TPSA) is 62.2 Å². The van der Waals surface area contributed by atoms with Crippen LogP contribution in [-0.2, 0) is 0 Å². The third-order valence-electron chi connectivity index (χ3n) is 6.99. The van der Waals surface area contributed by atoms with Crippen molar-refractivity contribution < 1.29 is 32.9 Å². The lowest BCUT2D eigenvalue weighted by molar-refractivity contribution is -0.0695. The van der Waals surface area contributed by atoms with E-state index >= 15 is 0 Å². The molecule has 38 heavy (non-hydrogen) atoms. The first-order valence-corrected chi connectivity index (χ1v) is 12.9. The number of ether oxygens (including phenoxy) is 2. The van der Waals surface area contributed by atoms with Crippen molar-refractivity contribution in [3.8, 4) is 23.0 Å². The number of alkyl halides is 3. The van der Waals surface area contributed by atoms with Crippen molar-refractivity contribution in [2.24, 2.45) is 0 Å². The molecule has 8 heteroatoms. The normalized spacial score (nSPS) is 17.8. The number of nitrogens with zero attached hydrogens (tertiary/aromatic N) is 1. The molecule has 0 bridgehead atoms. The first-order chi connectivity index (χ1) is 18.3. The highest BCUT2D eigenvalue weighted by Crippen LogP contribution is 2.53. The van der Waals surface area contributed by atoms with Gasteiger partial charge in [0.2, 0.25) is 0 Å². The summed E-state index contributed by atoms with van der Waals surface area (Å²) in [5.74, 6) is 0.340. The predicted octanol–water partition coefficient (Wildman–Crippen LogP) is 6.96. The fourth-order valence-corrected chi connectivity index (χ4v) is 5.13. The van der Waals surface area contributed by atoms with Crippen molar-refractivity contribution in [1.29, 1.82) is 0 Å². The Kier molecular flexibility index (Phi) is 7.51. The van der Waals surface area contributed by atoms with Gasteiger partial charge in [-0.3, -0.25) is 0 Å². The number of phenols is 2. The molecule has 0 aliphatic carbocycles. The summed E-state index contributed by atoms with van der Waals surface area (Å²) in [4.78, 5) is 2.46. The van der Waals surface area contributed by atoms with Crippen LogP contribution < -0.4 is 9.47 Å². The van der Waals surface area contributed by atoms with Crippen LogP contribution in [0.3, 0.4) is 0 Å². The molecule has 5 nitrogen and oxygen atoms in total. The zero-order chi connectivity index (χ0) is 26.7. The Labute approximate surface area is 219 Å². The van der Waals surface area contributed by atoms with Crippen molar-refractivity contribution >= 4 is 11.1 Å². The second-order valence-electron chi connectivity index (χ2n) is 9.69. The Morgan fingerprint density at radius 3 is 2.24 bits per heavy atom. The van der Waals surface area contributed by atoms with E-state index in [0.717, 1.165) is 19.4 Å². The fourth-order valence-electron chi connectivity index (χ4n) is 5.13. The molecule has 1 saturated heterocycles. The van der Waals surface area contributed by atoms with Crippen molar-refractivity contribution in [3.63, 3.8) is 0 Å². The maximum atomic E-state index is 14.5. The van der Waals surface area contributed by atoms with Gasteiger partial charge >= 0.3 is 6.18 Å². The zero-order valence-electron chi connectivity index (χ0n) is 20.9. The maximum Gasteiger partial charge on any atom is 0.417 e. The minimum absolute atomic E-state index is 0.0524. The van der Waals surface area contributed by atoms with E-state index in [0.29, 0.717) is 17.9 Å². The molecule has 1 fully saturated rings. The number of allylic oxidation sites excluding steroid dienone is 1. The second-order valence-corrected chi connectivity index (χ2v) is 9.69. The Bertz CT molecular complexity index is 1280. The van der Waals surface area contributed by atoms with E-state index in [2.05, 4.69) is 4.90 Å². The van der Waals surface area contributed by atoms with Crippen LogP contribution in [0.2, 0.25) is 0 Å². The van der Waals surface area contributed by atoms with Gasteiger partial charge in [0.1, 0.15) is 23.0 Å². The molecule has 0 saturated carbocycles. The van der Waals surface area contributed by atoms with Crippen molar-refractivity contribution in [1.82, 2.24) is 4.90 Å². The molecule has 5 rings (SSSR count). The molecule has 0 amide bonds. The number of hydrogen-bond donors (Lipinski definition) is 2. The van der Waals surface area contributed by atoms with E-state index in [1.165, 1.54) is 68.4 Å². The SMILES string of the molecule is Oc1ccc(C2=C(C(F)(F)F)c3ccc(O)cc3OC2c2ccc(OCCCCN3CCCC3)cc2)cc1. The van der Waals surface area contributed by atoms with Gasteiger partial charge in [0.15, 0.2) is 6.10 Å². The van der Waals surface area contributed by atoms with Gasteiger partial charge in [0, 0.05) is 17.2 Å². The van der Waals surface area contributed by atoms with E-state index in [4.69, 9.17) is 9.47 Å². The summed E-state index contributed by atoms with van der Waals surface area (Å²) < 4.78 is 55.6. The monoisotopic (exact) mass is 525 g/mol. The largest absolute Gasteiger partial charge is 0.508 e. The number of fused-ring (bicyclic) bond motifs is 1. The average molecular weight is 526 g/mol. The Morgan fingerprint density at radius 1 is 0.868 bits per heavy atom. The van der Waals surface area contributed by atoms with Crippen LogP contribution in [0.15, 0.2) is 66.7 Å². The van der Waals surface area contributed by atoms with Crippen LogP contribution in [-0.4, -0.2) is 47.5 Å². The van der Waals surface area contributed by atoms with E-state index in [9.17, 15) is 23.4 Å². The summed E-state index contributed by atoms with van der Waals surface area (Å²) in [7, 11) is 0. The quantitative estimate of drug-likeness (QED) is 0.312. The fraction of sp³-hybridized carbons (Fsp3) is 0.333. The van der Waals surface area contributed by atoms with Gasteiger partial charge in [-0.15, -0.1) is 0 Å². The molecule has 0 radical (unpaired) electrons. The standard InChI is InChI=1S/C30H30F3NO4/c31-30(32,33)28-25-14-11-23(36)19-26(25)38-29(27(28)20-5-9-22(35)10-6-20)21-7-12-24(13-8-21)37-18-4-3-17-34-15-1-2-16-34/h5-14,19,29,35-36H,1-4,15-18H2. The molecule has 0 aromatic heterocycles. The van der Waals surface area contributed by atoms with Gasteiger partial charge in [-0.05, 0) is 92.8 Å². The molecule has 2 aliphatic rings. The number of rotatable bonds is 8. The number of phenolic OH excluding ortho intramolecular Hbond substituents is 2. The number of unbranched alkanes of at least 4 members (excludes halogenated alkanes) is 1. The number of benzene rings is 3. The number of hydrogen-bond acceptors (Lipinski definition) is 5. The lowest BCUT2D eigenvalue weighted by atomic mass is 9.85. The van der Waals surface area contributed by atoms with Crippen LogP contribution in [0.25, 0.3) is 11.1 Å². The summed E-state index contributed by atoms with van der Waals surface area (Å²) in [5.41, 5.74) is -0.273. The van der Waals surface area contributed by atoms with Crippen molar-refractivity contribution in [2.75, 3.05) is 26.2 Å². The molecule has 2 heterocycles. The summed E-state index contributed by atoms with van der Waals surface area (Å²) in [5, 5.41) is 19.7. The molecule has 2 N–H and O–H groups in total. The molecule has 200 valence electrons. The molecule has 1 unspecified atom stereocenters. The van der Waals surface area contributed by atoms with E-state index in [1.807, 2.05) is 0 Å². The van der Waals surface area contributed by atoms with E-state index < -0.39 is 17.9 Å².